The molecule has 2 N–H and O–H groups in total. The highest BCUT2D eigenvalue weighted by molar-refractivity contribution is 5.70. The van der Waals surface area contributed by atoms with Crippen molar-refractivity contribution in [2.45, 2.75) is 33.8 Å². The van der Waals surface area contributed by atoms with Crippen LogP contribution in [-0.4, -0.2) is 13.2 Å². The highest BCUT2D eigenvalue weighted by atomic mass is 16.5. The van der Waals surface area contributed by atoms with Gasteiger partial charge >= 0.3 is 0 Å². The summed E-state index contributed by atoms with van der Waals surface area (Å²) in [5, 5.41) is 0. The van der Waals surface area contributed by atoms with Crippen LogP contribution in [0.25, 0.3) is 0 Å². The highest BCUT2D eigenvalue weighted by Gasteiger charge is 2.10. The van der Waals surface area contributed by atoms with Crippen molar-refractivity contribution in [2.75, 3.05) is 17.7 Å². The Morgan fingerprint density at radius 2 is 1.76 bits per heavy atom. The third-order valence-electron chi connectivity index (χ3n) is 3.46. The summed E-state index contributed by atoms with van der Waals surface area (Å²) < 4.78 is 5.77. The molecule has 0 aromatic heterocycles. The SMILES string of the molecule is Cc1ccc(N(C)c2ccc(N)c(OC(C)C)c2)c(C)c1. The molecule has 3 nitrogen and oxygen atoms in total. The number of hydrogen-bond acceptors (Lipinski definition) is 3. The average molecular weight is 284 g/mol. The molecule has 0 saturated heterocycles. The standard InChI is InChI=1S/C18H24N2O/c1-12(2)21-18-11-15(7-8-16(18)19)20(5)17-9-6-13(3)10-14(17)4/h6-12H,19H2,1-5H3. The van der Waals surface area contributed by atoms with Crippen LogP contribution in [0.15, 0.2) is 36.4 Å². The van der Waals surface area contributed by atoms with Gasteiger partial charge in [-0.05, 0) is 51.5 Å². The van der Waals surface area contributed by atoms with Crippen LogP contribution in [-0.2, 0) is 0 Å². The van der Waals surface area contributed by atoms with Gasteiger partial charge in [-0.1, -0.05) is 17.7 Å². The Hall–Kier alpha value is -2.16. The number of nitrogens with zero attached hydrogens (tertiary/aromatic N) is 1. The summed E-state index contributed by atoms with van der Waals surface area (Å²) in [6, 6.07) is 12.4. The molecule has 112 valence electrons. The van der Waals surface area contributed by atoms with E-state index in [1.54, 1.807) is 0 Å². The lowest BCUT2D eigenvalue weighted by molar-refractivity contribution is 0.244. The van der Waals surface area contributed by atoms with Crippen molar-refractivity contribution >= 4 is 17.1 Å². The van der Waals surface area contributed by atoms with Gasteiger partial charge in [0.1, 0.15) is 5.75 Å². The van der Waals surface area contributed by atoms with Gasteiger partial charge in [0.05, 0.1) is 11.8 Å². The van der Waals surface area contributed by atoms with E-state index in [-0.39, 0.29) is 6.10 Å². The molecule has 0 amide bonds. The van der Waals surface area contributed by atoms with Crippen molar-refractivity contribution in [3.05, 3.63) is 47.5 Å². The lowest BCUT2D eigenvalue weighted by Gasteiger charge is -2.23. The molecule has 0 aliphatic heterocycles. The van der Waals surface area contributed by atoms with E-state index in [4.69, 9.17) is 10.5 Å². The molecule has 0 bridgehead atoms. The largest absolute Gasteiger partial charge is 0.489 e. The van der Waals surface area contributed by atoms with Crippen molar-refractivity contribution in [3.8, 4) is 5.75 Å². The predicted octanol–water partition coefficient (Wildman–Crippen LogP) is 4.44. The monoisotopic (exact) mass is 284 g/mol. The molecule has 3 heteroatoms. The summed E-state index contributed by atoms with van der Waals surface area (Å²) in [6.07, 6.45) is 0.106. The number of hydrogen-bond donors (Lipinski definition) is 1. The minimum Gasteiger partial charge on any atom is -0.489 e. The maximum atomic E-state index is 5.98. The van der Waals surface area contributed by atoms with E-state index in [9.17, 15) is 0 Å². The van der Waals surface area contributed by atoms with Gasteiger partial charge in [0, 0.05) is 24.5 Å². The van der Waals surface area contributed by atoms with Crippen molar-refractivity contribution in [2.24, 2.45) is 0 Å². The van der Waals surface area contributed by atoms with E-state index in [2.05, 4.69) is 44.0 Å². The van der Waals surface area contributed by atoms with Crippen LogP contribution in [0.4, 0.5) is 17.1 Å². The lowest BCUT2D eigenvalue weighted by atomic mass is 10.1. The number of aryl methyl sites for hydroxylation is 2. The third kappa shape index (κ3) is 3.48. The van der Waals surface area contributed by atoms with E-state index in [1.807, 2.05) is 32.0 Å². The van der Waals surface area contributed by atoms with Crippen LogP contribution >= 0.6 is 0 Å². The molecular weight excluding hydrogens is 260 g/mol. The van der Waals surface area contributed by atoms with Gasteiger partial charge in [0.25, 0.3) is 0 Å². The highest BCUT2D eigenvalue weighted by Crippen LogP contribution is 2.33. The number of benzene rings is 2. The summed E-state index contributed by atoms with van der Waals surface area (Å²) in [4.78, 5) is 2.15. The van der Waals surface area contributed by atoms with Gasteiger partial charge in [-0.25, -0.2) is 0 Å². The van der Waals surface area contributed by atoms with E-state index in [0.717, 1.165) is 11.4 Å². The zero-order valence-corrected chi connectivity index (χ0v) is 13.5. The minimum atomic E-state index is 0.106. The first-order chi connectivity index (χ1) is 9.88. The van der Waals surface area contributed by atoms with Crippen LogP contribution in [0, 0.1) is 13.8 Å². The molecule has 2 aromatic rings. The molecule has 0 unspecified atom stereocenters. The van der Waals surface area contributed by atoms with Crippen molar-refractivity contribution in [3.63, 3.8) is 0 Å². The fraction of sp³-hybridized carbons (Fsp3) is 0.333. The summed E-state index contributed by atoms with van der Waals surface area (Å²) in [7, 11) is 2.06. The van der Waals surface area contributed by atoms with Crippen LogP contribution in [0.5, 0.6) is 5.75 Å². The van der Waals surface area contributed by atoms with Gasteiger partial charge in [0.2, 0.25) is 0 Å². The lowest BCUT2D eigenvalue weighted by Crippen LogP contribution is -2.12. The second kappa shape index (κ2) is 6.08. The number of anilines is 3. The number of ether oxygens (including phenoxy) is 1. The quantitative estimate of drug-likeness (QED) is 0.843. The second-order valence-corrected chi connectivity index (χ2v) is 5.74. The Kier molecular flexibility index (Phi) is 4.41. The molecule has 2 rings (SSSR count). The van der Waals surface area contributed by atoms with Gasteiger partial charge in [-0.3, -0.25) is 0 Å². The molecule has 0 aliphatic rings. The second-order valence-electron chi connectivity index (χ2n) is 5.74. The van der Waals surface area contributed by atoms with Gasteiger partial charge in [-0.15, -0.1) is 0 Å². The van der Waals surface area contributed by atoms with E-state index >= 15 is 0 Å². The zero-order valence-electron chi connectivity index (χ0n) is 13.5. The molecule has 0 radical (unpaired) electrons. The van der Waals surface area contributed by atoms with E-state index in [0.29, 0.717) is 5.69 Å². The summed E-state index contributed by atoms with van der Waals surface area (Å²) in [6.45, 7) is 8.23. The smallest absolute Gasteiger partial charge is 0.144 e. The summed E-state index contributed by atoms with van der Waals surface area (Å²) >= 11 is 0. The Balaban J connectivity index is 2.36. The first kappa shape index (κ1) is 15.2. The van der Waals surface area contributed by atoms with Crippen molar-refractivity contribution in [1.82, 2.24) is 0 Å². The molecule has 0 aliphatic carbocycles. The van der Waals surface area contributed by atoms with Crippen LogP contribution in [0.3, 0.4) is 0 Å². The fourth-order valence-corrected chi connectivity index (χ4v) is 2.41. The number of nitrogens with two attached hydrogens (primary N) is 1. The Labute approximate surface area is 127 Å². The maximum absolute atomic E-state index is 5.98. The average Bonchev–Trinajstić information content (AvgIpc) is 2.40. The molecule has 0 atom stereocenters. The van der Waals surface area contributed by atoms with Gasteiger partial charge < -0.3 is 15.4 Å². The van der Waals surface area contributed by atoms with Crippen molar-refractivity contribution < 1.29 is 4.74 Å². The predicted molar refractivity (Wildman–Crippen MR) is 90.6 cm³/mol. The molecule has 2 aromatic carbocycles. The molecule has 21 heavy (non-hydrogen) atoms. The summed E-state index contributed by atoms with van der Waals surface area (Å²) in [5.41, 5.74) is 11.4. The van der Waals surface area contributed by atoms with Gasteiger partial charge in [0.15, 0.2) is 0 Å². The molecule has 0 saturated carbocycles. The Morgan fingerprint density at radius 3 is 2.38 bits per heavy atom. The molecular formula is C18H24N2O. The molecule has 0 fully saturated rings. The Morgan fingerprint density at radius 1 is 1.05 bits per heavy atom. The summed E-state index contributed by atoms with van der Waals surface area (Å²) in [5.74, 6) is 0.735. The molecule has 0 spiro atoms. The van der Waals surface area contributed by atoms with E-state index < -0.39 is 0 Å². The fourth-order valence-electron chi connectivity index (χ4n) is 2.41. The van der Waals surface area contributed by atoms with Crippen LogP contribution < -0.4 is 15.4 Å². The third-order valence-corrected chi connectivity index (χ3v) is 3.46. The normalized spacial score (nSPS) is 10.8. The Bertz CT molecular complexity index is 635. The van der Waals surface area contributed by atoms with E-state index in [1.165, 1.54) is 16.8 Å². The maximum Gasteiger partial charge on any atom is 0.144 e. The van der Waals surface area contributed by atoms with Gasteiger partial charge in [-0.2, -0.15) is 0 Å². The zero-order chi connectivity index (χ0) is 15.6. The molecule has 0 heterocycles. The van der Waals surface area contributed by atoms with Crippen LogP contribution in [0.2, 0.25) is 0 Å². The number of rotatable bonds is 4. The first-order valence-corrected chi connectivity index (χ1v) is 7.25. The number of nitrogen functional groups attached to an aromatic ring is 1. The minimum absolute atomic E-state index is 0.106. The van der Waals surface area contributed by atoms with Crippen molar-refractivity contribution in [1.29, 1.82) is 0 Å². The topological polar surface area (TPSA) is 38.5 Å². The van der Waals surface area contributed by atoms with Crippen LogP contribution in [0.1, 0.15) is 25.0 Å². The first-order valence-electron chi connectivity index (χ1n) is 7.25.